The van der Waals surface area contributed by atoms with E-state index in [-0.39, 0.29) is 30.2 Å². The van der Waals surface area contributed by atoms with E-state index < -0.39 is 11.3 Å². The molecule has 1 aromatic rings. The molecule has 0 aliphatic heterocycles. The Balaban J connectivity index is 2.96. The quantitative estimate of drug-likeness (QED) is 0.524. The molecule has 0 aliphatic carbocycles. The molecule has 0 saturated carbocycles. The molecule has 1 N–H and O–H groups in total. The van der Waals surface area contributed by atoms with Crippen LogP contribution >= 0.6 is 15.9 Å². The highest BCUT2D eigenvalue weighted by Gasteiger charge is 2.30. The number of nitrogens with one attached hydrogen (secondary N) is 1. The summed E-state index contributed by atoms with van der Waals surface area (Å²) < 4.78 is 11.5. The van der Waals surface area contributed by atoms with E-state index in [9.17, 15) is 9.59 Å². The zero-order valence-electron chi connectivity index (χ0n) is 16.2. The number of nitrogens with zero attached hydrogens (tertiary/aromatic N) is 1. The van der Waals surface area contributed by atoms with Crippen LogP contribution in [0.3, 0.4) is 0 Å². The highest BCUT2D eigenvalue weighted by Crippen LogP contribution is 2.30. The van der Waals surface area contributed by atoms with Gasteiger partial charge in [0.2, 0.25) is 0 Å². The summed E-state index contributed by atoms with van der Waals surface area (Å²) in [6, 6.07) is 1.66. The van der Waals surface area contributed by atoms with Crippen molar-refractivity contribution in [3.63, 3.8) is 0 Å². The molecular formula is C19H27BrN2O4. The molecule has 0 unspecified atom stereocenters. The molecule has 1 heterocycles. The number of carbonyl (C=O) groups is 2. The second-order valence-electron chi connectivity index (χ2n) is 7.56. The Kier molecular flexibility index (Phi) is 7.38. The van der Waals surface area contributed by atoms with Crippen LogP contribution in [-0.2, 0) is 9.53 Å². The third-order valence-electron chi connectivity index (χ3n) is 3.62. The maximum absolute atomic E-state index is 12.6. The van der Waals surface area contributed by atoms with Crippen molar-refractivity contribution in [3.05, 3.63) is 34.8 Å². The van der Waals surface area contributed by atoms with Crippen molar-refractivity contribution in [1.82, 2.24) is 10.3 Å². The summed E-state index contributed by atoms with van der Waals surface area (Å²) in [5.41, 5.74) is -1.02. The summed E-state index contributed by atoms with van der Waals surface area (Å²) in [6.45, 7) is 15.4. The van der Waals surface area contributed by atoms with E-state index in [1.807, 2.05) is 20.8 Å². The minimum absolute atomic E-state index is 0.113. The summed E-state index contributed by atoms with van der Waals surface area (Å²) in [7, 11) is 0. The minimum atomic E-state index is -0.850. The standard InChI is InChI=1S/C19H27BrN2O4/c1-8-25-17(24)19(6,7)11-22-16(23)15-14(9-13(20)10-21-15)26-12(2)18(3,4)5/h9-10H,2,8,11H2,1,3-7H3,(H,22,23). The van der Waals surface area contributed by atoms with Crippen LogP contribution in [0.2, 0.25) is 0 Å². The Morgan fingerprint density at radius 1 is 1.27 bits per heavy atom. The van der Waals surface area contributed by atoms with Gasteiger partial charge in [0.05, 0.1) is 12.0 Å². The first-order valence-corrected chi connectivity index (χ1v) is 9.16. The monoisotopic (exact) mass is 426 g/mol. The number of amides is 1. The summed E-state index contributed by atoms with van der Waals surface area (Å²) >= 11 is 3.33. The Morgan fingerprint density at radius 3 is 2.42 bits per heavy atom. The van der Waals surface area contributed by atoms with Gasteiger partial charge in [-0.25, -0.2) is 4.98 Å². The molecule has 0 aromatic carbocycles. The SMILES string of the molecule is C=C(Oc1cc(Br)cnc1C(=O)NCC(C)(C)C(=O)OCC)C(C)(C)C. The van der Waals surface area contributed by atoms with Gasteiger partial charge in [-0.1, -0.05) is 27.4 Å². The molecular weight excluding hydrogens is 400 g/mol. The average Bonchev–Trinajstić information content (AvgIpc) is 2.52. The number of hydrogen-bond acceptors (Lipinski definition) is 5. The van der Waals surface area contributed by atoms with Crippen molar-refractivity contribution in [2.75, 3.05) is 13.2 Å². The lowest BCUT2D eigenvalue weighted by atomic mass is 9.93. The highest BCUT2D eigenvalue weighted by molar-refractivity contribution is 9.10. The number of rotatable bonds is 7. The molecule has 1 aromatic heterocycles. The highest BCUT2D eigenvalue weighted by atomic mass is 79.9. The van der Waals surface area contributed by atoms with E-state index in [1.54, 1.807) is 26.8 Å². The molecule has 6 nitrogen and oxygen atoms in total. The van der Waals surface area contributed by atoms with Gasteiger partial charge >= 0.3 is 5.97 Å². The van der Waals surface area contributed by atoms with Gasteiger partial charge in [-0.2, -0.15) is 0 Å². The molecule has 1 rings (SSSR count). The molecule has 0 aliphatic rings. The average molecular weight is 427 g/mol. The normalized spacial score (nSPS) is 11.7. The fraction of sp³-hybridized carbons (Fsp3) is 0.526. The van der Waals surface area contributed by atoms with E-state index in [2.05, 4.69) is 32.8 Å². The maximum Gasteiger partial charge on any atom is 0.313 e. The van der Waals surface area contributed by atoms with Gasteiger partial charge in [-0.3, -0.25) is 9.59 Å². The number of pyridine rings is 1. The van der Waals surface area contributed by atoms with Crippen LogP contribution in [0.5, 0.6) is 5.75 Å². The van der Waals surface area contributed by atoms with E-state index >= 15 is 0 Å². The fourth-order valence-corrected chi connectivity index (χ4v) is 2.05. The van der Waals surface area contributed by atoms with Gasteiger partial charge in [0.1, 0.15) is 5.76 Å². The first-order valence-electron chi connectivity index (χ1n) is 8.36. The zero-order valence-corrected chi connectivity index (χ0v) is 17.8. The van der Waals surface area contributed by atoms with Crippen molar-refractivity contribution in [2.24, 2.45) is 10.8 Å². The van der Waals surface area contributed by atoms with E-state index in [0.717, 1.165) is 0 Å². The van der Waals surface area contributed by atoms with E-state index in [1.165, 1.54) is 6.20 Å². The van der Waals surface area contributed by atoms with Gasteiger partial charge in [-0.15, -0.1) is 0 Å². The van der Waals surface area contributed by atoms with Gasteiger partial charge in [0, 0.05) is 22.6 Å². The summed E-state index contributed by atoms with van der Waals surface area (Å²) in [5, 5.41) is 2.72. The molecule has 0 bridgehead atoms. The number of aromatic nitrogens is 1. The number of allylic oxidation sites excluding steroid dienone is 1. The largest absolute Gasteiger partial charge is 0.466 e. The molecule has 144 valence electrons. The molecule has 0 spiro atoms. The second kappa shape index (κ2) is 8.66. The topological polar surface area (TPSA) is 77.5 Å². The summed E-state index contributed by atoms with van der Waals surface area (Å²) in [6.07, 6.45) is 1.51. The molecule has 0 saturated heterocycles. The van der Waals surface area contributed by atoms with E-state index in [4.69, 9.17) is 9.47 Å². The van der Waals surface area contributed by atoms with Crippen LogP contribution in [0, 0.1) is 10.8 Å². The lowest BCUT2D eigenvalue weighted by Gasteiger charge is -2.24. The van der Waals surface area contributed by atoms with Crippen LogP contribution in [0.4, 0.5) is 0 Å². The zero-order chi connectivity index (χ0) is 20.1. The van der Waals surface area contributed by atoms with Crippen LogP contribution in [0.15, 0.2) is 29.1 Å². The molecule has 0 atom stereocenters. The number of halogens is 1. The number of hydrogen-bond donors (Lipinski definition) is 1. The smallest absolute Gasteiger partial charge is 0.313 e. The first kappa shape index (κ1) is 22.2. The first-order chi connectivity index (χ1) is 11.9. The minimum Gasteiger partial charge on any atom is -0.466 e. The third kappa shape index (κ3) is 6.12. The van der Waals surface area contributed by atoms with Crippen molar-refractivity contribution in [2.45, 2.75) is 41.5 Å². The Hall–Kier alpha value is -1.89. The predicted molar refractivity (Wildman–Crippen MR) is 104 cm³/mol. The van der Waals surface area contributed by atoms with Crippen molar-refractivity contribution in [3.8, 4) is 5.75 Å². The molecule has 1 amide bonds. The van der Waals surface area contributed by atoms with Crippen molar-refractivity contribution >= 4 is 27.8 Å². The summed E-state index contributed by atoms with van der Waals surface area (Å²) in [4.78, 5) is 28.7. The van der Waals surface area contributed by atoms with Crippen LogP contribution in [-0.4, -0.2) is 30.0 Å². The molecule has 7 heteroatoms. The third-order valence-corrected chi connectivity index (χ3v) is 4.06. The maximum atomic E-state index is 12.6. The second-order valence-corrected chi connectivity index (χ2v) is 8.48. The van der Waals surface area contributed by atoms with Gasteiger partial charge < -0.3 is 14.8 Å². The van der Waals surface area contributed by atoms with Crippen LogP contribution in [0.25, 0.3) is 0 Å². The van der Waals surface area contributed by atoms with Gasteiger partial charge in [0.15, 0.2) is 11.4 Å². The molecule has 26 heavy (non-hydrogen) atoms. The van der Waals surface area contributed by atoms with Crippen LogP contribution < -0.4 is 10.1 Å². The lowest BCUT2D eigenvalue weighted by Crippen LogP contribution is -2.40. The van der Waals surface area contributed by atoms with Gasteiger partial charge in [0.25, 0.3) is 5.91 Å². The number of esters is 1. The van der Waals surface area contributed by atoms with Crippen LogP contribution in [0.1, 0.15) is 52.0 Å². The molecule has 0 radical (unpaired) electrons. The number of carbonyl (C=O) groups excluding carboxylic acids is 2. The predicted octanol–water partition coefficient (Wildman–Crippen LogP) is 4.10. The summed E-state index contributed by atoms with van der Waals surface area (Å²) in [5.74, 6) is -0.00252. The number of ether oxygens (including phenoxy) is 2. The Labute approximate surface area is 163 Å². The Morgan fingerprint density at radius 2 is 1.88 bits per heavy atom. The fourth-order valence-electron chi connectivity index (χ4n) is 1.74. The molecule has 0 fully saturated rings. The van der Waals surface area contributed by atoms with Gasteiger partial charge in [-0.05, 0) is 42.8 Å². The van der Waals surface area contributed by atoms with Crippen molar-refractivity contribution < 1.29 is 19.1 Å². The Bertz CT molecular complexity index is 693. The van der Waals surface area contributed by atoms with Crippen molar-refractivity contribution in [1.29, 1.82) is 0 Å². The lowest BCUT2D eigenvalue weighted by molar-refractivity contribution is -0.153. The van der Waals surface area contributed by atoms with E-state index in [0.29, 0.717) is 16.0 Å².